The van der Waals surface area contributed by atoms with Crippen LogP contribution in [0.2, 0.25) is 0 Å². The van der Waals surface area contributed by atoms with Gasteiger partial charge in [0, 0.05) is 17.1 Å². The summed E-state index contributed by atoms with van der Waals surface area (Å²) in [7, 11) is 0. The van der Waals surface area contributed by atoms with E-state index in [9.17, 15) is 0 Å². The van der Waals surface area contributed by atoms with Crippen molar-refractivity contribution < 1.29 is 0 Å². The van der Waals surface area contributed by atoms with E-state index < -0.39 is 0 Å². The topological polar surface area (TPSA) is 41.6 Å². The molecule has 2 aromatic carbocycles. The molecule has 0 spiro atoms. The third kappa shape index (κ3) is 1.98. The van der Waals surface area contributed by atoms with Gasteiger partial charge in [-0.15, -0.1) is 0 Å². The number of aromatic amines is 1. The van der Waals surface area contributed by atoms with Crippen molar-refractivity contribution in [3.05, 3.63) is 59.8 Å². The van der Waals surface area contributed by atoms with Crippen molar-refractivity contribution >= 4 is 21.9 Å². The first kappa shape index (κ1) is 12.1. The summed E-state index contributed by atoms with van der Waals surface area (Å²) < 4.78 is 0. The van der Waals surface area contributed by atoms with Crippen LogP contribution in [-0.4, -0.2) is 15.0 Å². The fraction of sp³-hybridized carbons (Fsp3) is 0.111. The Hall–Kier alpha value is -2.68. The zero-order chi connectivity index (χ0) is 14.4. The van der Waals surface area contributed by atoms with Gasteiger partial charge in [-0.25, -0.2) is 4.98 Å². The number of nitrogens with one attached hydrogen (secondary N) is 1. The molecule has 2 heterocycles. The summed E-state index contributed by atoms with van der Waals surface area (Å²) in [5.74, 6) is 0.903. The van der Waals surface area contributed by atoms with Crippen molar-refractivity contribution in [2.24, 2.45) is 0 Å². The molecular weight excluding hydrogens is 258 g/mol. The second kappa shape index (κ2) is 4.42. The van der Waals surface area contributed by atoms with Gasteiger partial charge in [0.2, 0.25) is 0 Å². The SMILES string of the molecule is Cc1cc2nc(-c3ccc4ncccc4c3)[nH]c2cc1C. The zero-order valence-corrected chi connectivity index (χ0v) is 12.0. The van der Waals surface area contributed by atoms with E-state index in [4.69, 9.17) is 4.98 Å². The quantitative estimate of drug-likeness (QED) is 0.558. The van der Waals surface area contributed by atoms with Crippen LogP contribution in [-0.2, 0) is 0 Å². The van der Waals surface area contributed by atoms with Crippen LogP contribution < -0.4 is 0 Å². The Balaban J connectivity index is 1.91. The van der Waals surface area contributed by atoms with Crippen LogP contribution in [0, 0.1) is 13.8 Å². The molecule has 0 fully saturated rings. The van der Waals surface area contributed by atoms with Gasteiger partial charge < -0.3 is 4.98 Å². The number of pyridine rings is 1. The van der Waals surface area contributed by atoms with E-state index in [1.54, 1.807) is 0 Å². The van der Waals surface area contributed by atoms with Crippen LogP contribution in [0.25, 0.3) is 33.3 Å². The molecule has 3 heteroatoms. The molecule has 0 aliphatic rings. The lowest BCUT2D eigenvalue weighted by atomic mass is 10.1. The molecule has 2 aromatic heterocycles. The zero-order valence-electron chi connectivity index (χ0n) is 12.0. The van der Waals surface area contributed by atoms with Gasteiger partial charge in [-0.3, -0.25) is 4.98 Å². The van der Waals surface area contributed by atoms with Gasteiger partial charge in [0.1, 0.15) is 5.82 Å². The third-order valence-corrected chi connectivity index (χ3v) is 3.97. The lowest BCUT2D eigenvalue weighted by molar-refractivity contribution is 1.33. The summed E-state index contributed by atoms with van der Waals surface area (Å²) in [4.78, 5) is 12.5. The van der Waals surface area contributed by atoms with Gasteiger partial charge in [-0.1, -0.05) is 6.07 Å². The highest BCUT2D eigenvalue weighted by Gasteiger charge is 2.07. The molecule has 21 heavy (non-hydrogen) atoms. The molecule has 0 radical (unpaired) electrons. The summed E-state index contributed by atoms with van der Waals surface area (Å²) >= 11 is 0. The number of hydrogen-bond acceptors (Lipinski definition) is 2. The normalized spacial score (nSPS) is 11.3. The molecule has 3 nitrogen and oxygen atoms in total. The second-order valence-corrected chi connectivity index (χ2v) is 5.45. The maximum absolute atomic E-state index is 4.72. The Bertz CT molecular complexity index is 928. The average molecular weight is 273 g/mol. The molecule has 0 saturated heterocycles. The van der Waals surface area contributed by atoms with Crippen LogP contribution in [0.15, 0.2) is 48.7 Å². The van der Waals surface area contributed by atoms with E-state index in [0.29, 0.717) is 0 Å². The fourth-order valence-corrected chi connectivity index (χ4v) is 2.63. The Morgan fingerprint density at radius 2 is 1.76 bits per heavy atom. The van der Waals surface area contributed by atoms with Crippen molar-refractivity contribution in [2.45, 2.75) is 13.8 Å². The van der Waals surface area contributed by atoms with E-state index in [-0.39, 0.29) is 0 Å². The van der Waals surface area contributed by atoms with Crippen LogP contribution in [0.5, 0.6) is 0 Å². The number of aromatic nitrogens is 3. The van der Waals surface area contributed by atoms with E-state index >= 15 is 0 Å². The number of nitrogens with zero attached hydrogens (tertiary/aromatic N) is 2. The molecule has 0 amide bonds. The molecule has 4 aromatic rings. The van der Waals surface area contributed by atoms with Gasteiger partial charge in [0.05, 0.1) is 16.6 Å². The van der Waals surface area contributed by atoms with Crippen LogP contribution in [0.4, 0.5) is 0 Å². The highest BCUT2D eigenvalue weighted by Crippen LogP contribution is 2.25. The summed E-state index contributed by atoms with van der Waals surface area (Å²) in [6, 6.07) is 14.5. The maximum Gasteiger partial charge on any atom is 0.138 e. The standard InChI is InChI=1S/C18H15N3/c1-11-8-16-17(9-12(11)2)21-18(20-16)14-5-6-15-13(10-14)4-3-7-19-15/h3-10H,1-2H3,(H,20,21). The van der Waals surface area contributed by atoms with E-state index in [1.807, 2.05) is 18.3 Å². The van der Waals surface area contributed by atoms with Gasteiger partial charge in [-0.2, -0.15) is 0 Å². The molecular formula is C18H15N3. The molecule has 1 N–H and O–H groups in total. The van der Waals surface area contributed by atoms with Gasteiger partial charge >= 0.3 is 0 Å². The van der Waals surface area contributed by atoms with Crippen molar-refractivity contribution in [1.82, 2.24) is 15.0 Å². The molecule has 0 bridgehead atoms. The third-order valence-electron chi connectivity index (χ3n) is 3.97. The highest BCUT2D eigenvalue weighted by molar-refractivity contribution is 5.86. The molecule has 0 unspecified atom stereocenters. The fourth-order valence-electron chi connectivity index (χ4n) is 2.63. The monoisotopic (exact) mass is 273 g/mol. The molecule has 0 atom stereocenters. The van der Waals surface area contributed by atoms with Crippen molar-refractivity contribution in [1.29, 1.82) is 0 Å². The molecule has 102 valence electrons. The van der Waals surface area contributed by atoms with Crippen LogP contribution in [0.1, 0.15) is 11.1 Å². The number of hydrogen-bond donors (Lipinski definition) is 1. The number of benzene rings is 2. The summed E-state index contributed by atoms with van der Waals surface area (Å²) in [6.45, 7) is 4.24. The smallest absolute Gasteiger partial charge is 0.138 e. The molecule has 0 aliphatic heterocycles. The Labute approximate surface area is 122 Å². The largest absolute Gasteiger partial charge is 0.338 e. The minimum Gasteiger partial charge on any atom is -0.338 e. The predicted molar refractivity (Wildman–Crippen MR) is 86.3 cm³/mol. The van der Waals surface area contributed by atoms with Crippen molar-refractivity contribution in [2.75, 3.05) is 0 Å². The van der Waals surface area contributed by atoms with Gasteiger partial charge in [-0.05, 0) is 61.4 Å². The first-order chi connectivity index (χ1) is 10.2. The van der Waals surface area contributed by atoms with E-state index in [0.717, 1.165) is 33.3 Å². The van der Waals surface area contributed by atoms with Gasteiger partial charge in [0.15, 0.2) is 0 Å². The Morgan fingerprint density at radius 1 is 0.905 bits per heavy atom. The Morgan fingerprint density at radius 3 is 2.67 bits per heavy atom. The molecule has 0 saturated carbocycles. The Kier molecular flexibility index (Phi) is 2.54. The summed E-state index contributed by atoms with van der Waals surface area (Å²) in [6.07, 6.45) is 1.81. The van der Waals surface area contributed by atoms with Gasteiger partial charge in [0.25, 0.3) is 0 Å². The number of imidazole rings is 1. The summed E-state index contributed by atoms with van der Waals surface area (Å²) in [5, 5.41) is 1.13. The first-order valence-electron chi connectivity index (χ1n) is 7.03. The summed E-state index contributed by atoms with van der Waals surface area (Å²) in [5.41, 5.74) is 6.73. The van der Waals surface area contributed by atoms with Crippen LogP contribution >= 0.6 is 0 Å². The first-order valence-corrected chi connectivity index (χ1v) is 7.03. The number of rotatable bonds is 1. The number of aryl methyl sites for hydroxylation is 2. The van der Waals surface area contributed by atoms with E-state index in [1.165, 1.54) is 11.1 Å². The molecule has 0 aliphatic carbocycles. The van der Waals surface area contributed by atoms with Crippen LogP contribution in [0.3, 0.4) is 0 Å². The van der Waals surface area contributed by atoms with Crippen molar-refractivity contribution in [3.8, 4) is 11.4 Å². The van der Waals surface area contributed by atoms with Crippen molar-refractivity contribution in [3.63, 3.8) is 0 Å². The number of H-pyrrole nitrogens is 1. The average Bonchev–Trinajstić information content (AvgIpc) is 2.90. The minimum atomic E-state index is 0.903. The predicted octanol–water partition coefficient (Wildman–Crippen LogP) is 4.39. The highest BCUT2D eigenvalue weighted by atomic mass is 14.9. The molecule has 4 rings (SSSR count). The second-order valence-electron chi connectivity index (χ2n) is 5.45. The van der Waals surface area contributed by atoms with E-state index in [2.05, 4.69) is 54.1 Å². The minimum absolute atomic E-state index is 0.903. The lowest BCUT2D eigenvalue weighted by Crippen LogP contribution is -1.82. The number of fused-ring (bicyclic) bond motifs is 2. The maximum atomic E-state index is 4.72. The lowest BCUT2D eigenvalue weighted by Gasteiger charge is -1.99.